The van der Waals surface area contributed by atoms with Crippen LogP contribution in [0.4, 0.5) is 4.39 Å². The molecular formula is C10H13FOS. The van der Waals surface area contributed by atoms with Gasteiger partial charge in [-0.25, -0.2) is 4.39 Å². The summed E-state index contributed by atoms with van der Waals surface area (Å²) in [7, 11) is 0. The third-order valence-electron chi connectivity index (χ3n) is 1.54. The van der Waals surface area contributed by atoms with Gasteiger partial charge in [0.15, 0.2) is 11.6 Å². The molecule has 0 atom stereocenters. The molecule has 0 aliphatic rings. The van der Waals surface area contributed by atoms with E-state index in [9.17, 15) is 4.39 Å². The number of hydrogen-bond donors (Lipinski definition) is 1. The van der Waals surface area contributed by atoms with Crippen molar-refractivity contribution in [2.75, 3.05) is 0 Å². The fraction of sp³-hybridized carbons (Fsp3) is 0.400. The molecule has 0 aliphatic carbocycles. The molecule has 0 N–H and O–H groups in total. The summed E-state index contributed by atoms with van der Waals surface area (Å²) in [6.07, 6.45) is -0.00338. The summed E-state index contributed by atoms with van der Waals surface area (Å²) in [6, 6.07) is 4.90. The number of hydrogen-bond acceptors (Lipinski definition) is 2. The minimum Gasteiger partial charge on any atom is -0.488 e. The highest BCUT2D eigenvalue weighted by molar-refractivity contribution is 7.79. The highest BCUT2D eigenvalue weighted by Crippen LogP contribution is 2.20. The van der Waals surface area contributed by atoms with Crippen molar-refractivity contribution >= 4 is 12.6 Å². The van der Waals surface area contributed by atoms with E-state index < -0.39 is 0 Å². The Morgan fingerprint density at radius 3 is 2.62 bits per heavy atom. The first-order valence-electron chi connectivity index (χ1n) is 4.19. The van der Waals surface area contributed by atoms with Gasteiger partial charge in [-0.2, -0.15) is 12.6 Å². The Bertz CT molecular complexity index is 286. The summed E-state index contributed by atoms with van der Waals surface area (Å²) >= 11 is 4.05. The largest absolute Gasteiger partial charge is 0.488 e. The predicted molar refractivity (Wildman–Crippen MR) is 54.9 cm³/mol. The Morgan fingerprint density at radius 2 is 2.15 bits per heavy atom. The maximum atomic E-state index is 13.2. The van der Waals surface area contributed by atoms with Crippen LogP contribution in [0.1, 0.15) is 19.4 Å². The zero-order valence-electron chi connectivity index (χ0n) is 7.75. The molecule has 0 saturated heterocycles. The Morgan fingerprint density at radius 1 is 1.46 bits per heavy atom. The van der Waals surface area contributed by atoms with Crippen molar-refractivity contribution in [2.24, 2.45) is 0 Å². The van der Waals surface area contributed by atoms with Crippen LogP contribution in [0.15, 0.2) is 18.2 Å². The molecule has 0 aliphatic heterocycles. The smallest absolute Gasteiger partial charge is 0.165 e. The maximum Gasteiger partial charge on any atom is 0.165 e. The van der Waals surface area contributed by atoms with E-state index in [2.05, 4.69) is 12.6 Å². The van der Waals surface area contributed by atoms with Crippen molar-refractivity contribution in [1.29, 1.82) is 0 Å². The van der Waals surface area contributed by atoms with Crippen molar-refractivity contribution in [2.45, 2.75) is 25.7 Å². The van der Waals surface area contributed by atoms with Crippen LogP contribution in [0.5, 0.6) is 5.75 Å². The molecule has 0 amide bonds. The predicted octanol–water partition coefficient (Wildman–Crippen LogP) is 3.04. The fourth-order valence-corrected chi connectivity index (χ4v) is 1.19. The summed E-state index contributed by atoms with van der Waals surface area (Å²) < 4.78 is 18.5. The van der Waals surface area contributed by atoms with Crippen LogP contribution in [-0.4, -0.2) is 6.10 Å². The lowest BCUT2D eigenvalue weighted by Crippen LogP contribution is -2.06. The second kappa shape index (κ2) is 4.51. The topological polar surface area (TPSA) is 9.23 Å². The van der Waals surface area contributed by atoms with Crippen molar-refractivity contribution < 1.29 is 9.13 Å². The molecule has 0 heterocycles. The van der Waals surface area contributed by atoms with Crippen molar-refractivity contribution in [3.8, 4) is 5.75 Å². The average molecular weight is 200 g/mol. The van der Waals surface area contributed by atoms with Crippen LogP contribution < -0.4 is 4.74 Å². The third-order valence-corrected chi connectivity index (χ3v) is 1.91. The molecule has 72 valence electrons. The summed E-state index contributed by atoms with van der Waals surface area (Å²) in [6.45, 7) is 3.73. The van der Waals surface area contributed by atoms with Crippen LogP contribution in [0.25, 0.3) is 0 Å². The first kappa shape index (κ1) is 10.4. The number of ether oxygens (including phenoxy) is 1. The second-order valence-electron chi connectivity index (χ2n) is 3.09. The number of halogens is 1. The molecule has 0 aromatic heterocycles. The van der Waals surface area contributed by atoms with Crippen LogP contribution in [0.3, 0.4) is 0 Å². The molecule has 0 bridgehead atoms. The van der Waals surface area contributed by atoms with E-state index >= 15 is 0 Å². The zero-order chi connectivity index (χ0) is 9.84. The molecule has 13 heavy (non-hydrogen) atoms. The normalized spacial score (nSPS) is 10.5. The minimum absolute atomic E-state index is 0.00338. The number of thiol groups is 1. The molecule has 0 spiro atoms. The zero-order valence-corrected chi connectivity index (χ0v) is 8.64. The van der Waals surface area contributed by atoms with Gasteiger partial charge in [0.2, 0.25) is 0 Å². The van der Waals surface area contributed by atoms with Gasteiger partial charge in [-0.1, -0.05) is 6.07 Å². The monoisotopic (exact) mass is 200 g/mol. The van der Waals surface area contributed by atoms with E-state index in [-0.39, 0.29) is 11.9 Å². The lowest BCUT2D eigenvalue weighted by Gasteiger charge is -2.10. The molecule has 0 saturated carbocycles. The highest BCUT2D eigenvalue weighted by Gasteiger charge is 2.05. The van der Waals surface area contributed by atoms with Crippen molar-refractivity contribution in [3.05, 3.63) is 29.6 Å². The van der Waals surface area contributed by atoms with Gasteiger partial charge in [-0.05, 0) is 31.5 Å². The molecule has 0 radical (unpaired) electrons. The quantitative estimate of drug-likeness (QED) is 0.738. The van der Waals surface area contributed by atoms with E-state index in [1.807, 2.05) is 19.9 Å². The molecule has 1 nitrogen and oxygen atoms in total. The second-order valence-corrected chi connectivity index (χ2v) is 3.41. The standard InChI is InChI=1S/C10H13FOS/c1-7(2)12-10-4-3-8(6-13)5-9(10)11/h3-5,7,13H,6H2,1-2H3. The van der Waals surface area contributed by atoms with Gasteiger partial charge in [0.05, 0.1) is 6.10 Å². The Hall–Kier alpha value is -0.700. The van der Waals surface area contributed by atoms with Gasteiger partial charge in [0, 0.05) is 5.75 Å². The first-order chi connectivity index (χ1) is 6.13. The molecule has 1 aromatic rings. The van der Waals surface area contributed by atoms with Gasteiger partial charge >= 0.3 is 0 Å². The van der Waals surface area contributed by atoms with Gasteiger partial charge in [0.25, 0.3) is 0 Å². The van der Waals surface area contributed by atoms with Crippen molar-refractivity contribution in [1.82, 2.24) is 0 Å². The molecule has 3 heteroatoms. The van der Waals surface area contributed by atoms with E-state index in [0.29, 0.717) is 11.5 Å². The summed E-state index contributed by atoms with van der Waals surface area (Å²) in [5.74, 6) is 0.527. The van der Waals surface area contributed by atoms with Crippen molar-refractivity contribution in [3.63, 3.8) is 0 Å². The minimum atomic E-state index is -0.319. The summed E-state index contributed by atoms with van der Waals surface area (Å²) in [5.41, 5.74) is 0.858. The fourth-order valence-electron chi connectivity index (χ4n) is 0.992. The van der Waals surface area contributed by atoms with Gasteiger partial charge in [-0.3, -0.25) is 0 Å². The Kier molecular flexibility index (Phi) is 3.60. The first-order valence-corrected chi connectivity index (χ1v) is 4.82. The van der Waals surface area contributed by atoms with Crippen LogP contribution in [0.2, 0.25) is 0 Å². The van der Waals surface area contributed by atoms with E-state index in [1.165, 1.54) is 6.07 Å². The lowest BCUT2D eigenvalue weighted by atomic mass is 10.2. The Balaban J connectivity index is 2.85. The van der Waals surface area contributed by atoms with Gasteiger partial charge < -0.3 is 4.74 Å². The highest BCUT2D eigenvalue weighted by atomic mass is 32.1. The molecule has 1 aromatic carbocycles. The number of benzene rings is 1. The molecule has 1 rings (SSSR count). The molecule has 0 unspecified atom stereocenters. The molecular weight excluding hydrogens is 187 g/mol. The molecule has 0 fully saturated rings. The van der Waals surface area contributed by atoms with E-state index in [4.69, 9.17) is 4.74 Å². The van der Waals surface area contributed by atoms with E-state index in [0.717, 1.165) is 5.56 Å². The number of rotatable bonds is 3. The maximum absolute atomic E-state index is 13.2. The van der Waals surface area contributed by atoms with E-state index in [1.54, 1.807) is 6.07 Å². The van der Waals surface area contributed by atoms with Crippen LogP contribution in [0, 0.1) is 5.82 Å². The summed E-state index contributed by atoms with van der Waals surface area (Å²) in [5, 5.41) is 0. The van der Waals surface area contributed by atoms with Crippen LogP contribution >= 0.6 is 12.6 Å². The Labute approximate surface area is 83.3 Å². The SMILES string of the molecule is CC(C)Oc1ccc(CS)cc1F. The third kappa shape index (κ3) is 2.92. The van der Waals surface area contributed by atoms with Gasteiger partial charge in [0.1, 0.15) is 0 Å². The van der Waals surface area contributed by atoms with Gasteiger partial charge in [-0.15, -0.1) is 0 Å². The average Bonchev–Trinajstić information content (AvgIpc) is 2.08. The summed E-state index contributed by atoms with van der Waals surface area (Å²) in [4.78, 5) is 0. The van der Waals surface area contributed by atoms with Crippen LogP contribution in [-0.2, 0) is 5.75 Å². The lowest BCUT2D eigenvalue weighted by molar-refractivity contribution is 0.231.